The van der Waals surface area contributed by atoms with Crippen LogP contribution in [-0.4, -0.2) is 36.2 Å². The summed E-state index contributed by atoms with van der Waals surface area (Å²) < 4.78 is 6.11. The SMILES string of the molecule is N#CC1CCCN(C2CCOC3(CCCC3)C2)C1. The van der Waals surface area contributed by atoms with Crippen molar-refractivity contribution in [1.82, 2.24) is 4.90 Å². The topological polar surface area (TPSA) is 36.3 Å². The molecule has 0 bridgehead atoms. The van der Waals surface area contributed by atoms with Gasteiger partial charge < -0.3 is 4.74 Å². The third-order valence-corrected chi connectivity index (χ3v) is 5.13. The molecule has 2 saturated heterocycles. The van der Waals surface area contributed by atoms with Crippen LogP contribution < -0.4 is 0 Å². The average Bonchev–Trinajstić information content (AvgIpc) is 2.87. The van der Waals surface area contributed by atoms with Crippen LogP contribution in [0.5, 0.6) is 0 Å². The van der Waals surface area contributed by atoms with Gasteiger partial charge in [-0.05, 0) is 45.1 Å². The fraction of sp³-hybridized carbons (Fsp3) is 0.933. The van der Waals surface area contributed by atoms with Crippen LogP contribution in [0.2, 0.25) is 0 Å². The summed E-state index contributed by atoms with van der Waals surface area (Å²) in [4.78, 5) is 2.58. The Morgan fingerprint density at radius 2 is 2.00 bits per heavy atom. The number of ether oxygens (including phenoxy) is 1. The summed E-state index contributed by atoms with van der Waals surface area (Å²) >= 11 is 0. The molecule has 2 heterocycles. The highest BCUT2D eigenvalue weighted by Crippen LogP contribution is 2.41. The van der Waals surface area contributed by atoms with Crippen LogP contribution in [0.15, 0.2) is 0 Å². The van der Waals surface area contributed by atoms with Crippen molar-refractivity contribution in [2.45, 2.75) is 63.0 Å². The van der Waals surface area contributed by atoms with E-state index in [0.29, 0.717) is 6.04 Å². The molecule has 100 valence electrons. The van der Waals surface area contributed by atoms with Crippen molar-refractivity contribution in [3.8, 4) is 6.07 Å². The van der Waals surface area contributed by atoms with E-state index in [1.807, 2.05) is 0 Å². The first-order chi connectivity index (χ1) is 8.81. The van der Waals surface area contributed by atoms with Crippen LogP contribution in [0, 0.1) is 17.2 Å². The molecule has 0 amide bonds. The summed E-state index contributed by atoms with van der Waals surface area (Å²) in [6, 6.07) is 3.14. The Morgan fingerprint density at radius 3 is 2.78 bits per heavy atom. The molecule has 3 fully saturated rings. The Hall–Kier alpha value is -0.590. The number of piperidine rings is 1. The van der Waals surface area contributed by atoms with Crippen molar-refractivity contribution in [1.29, 1.82) is 5.26 Å². The van der Waals surface area contributed by atoms with E-state index in [2.05, 4.69) is 11.0 Å². The minimum atomic E-state index is 0.211. The standard InChI is InChI=1S/C15H24N2O/c16-11-13-4-3-8-17(12-13)14-5-9-18-15(10-14)6-1-2-7-15/h13-14H,1-10,12H2. The Bertz CT molecular complexity index is 330. The minimum Gasteiger partial charge on any atom is -0.375 e. The van der Waals surface area contributed by atoms with Gasteiger partial charge in [0.15, 0.2) is 0 Å². The van der Waals surface area contributed by atoms with Gasteiger partial charge in [-0.3, -0.25) is 4.90 Å². The molecule has 2 aliphatic heterocycles. The smallest absolute Gasteiger partial charge is 0.0697 e. The van der Waals surface area contributed by atoms with Gasteiger partial charge in [0.2, 0.25) is 0 Å². The lowest BCUT2D eigenvalue weighted by Gasteiger charge is -2.44. The highest BCUT2D eigenvalue weighted by atomic mass is 16.5. The van der Waals surface area contributed by atoms with Crippen LogP contribution >= 0.6 is 0 Å². The van der Waals surface area contributed by atoms with Crippen molar-refractivity contribution < 1.29 is 4.74 Å². The summed E-state index contributed by atoms with van der Waals surface area (Å²) in [7, 11) is 0. The van der Waals surface area contributed by atoms with Crippen molar-refractivity contribution in [3.63, 3.8) is 0 Å². The normalized spacial score (nSPS) is 36.6. The third-order valence-electron chi connectivity index (χ3n) is 5.13. The van der Waals surface area contributed by atoms with E-state index in [9.17, 15) is 0 Å². The third kappa shape index (κ3) is 2.41. The van der Waals surface area contributed by atoms with Crippen molar-refractivity contribution in [3.05, 3.63) is 0 Å². The molecule has 2 unspecified atom stereocenters. The maximum atomic E-state index is 9.11. The zero-order chi connectivity index (χ0) is 12.4. The molecular weight excluding hydrogens is 224 g/mol. The summed E-state index contributed by atoms with van der Waals surface area (Å²) in [6.45, 7) is 3.12. The predicted octanol–water partition coefficient (Wildman–Crippen LogP) is 2.71. The predicted molar refractivity (Wildman–Crippen MR) is 70.1 cm³/mol. The zero-order valence-corrected chi connectivity index (χ0v) is 11.2. The minimum absolute atomic E-state index is 0.211. The molecule has 1 spiro atoms. The molecule has 0 aromatic heterocycles. The van der Waals surface area contributed by atoms with E-state index in [4.69, 9.17) is 10.00 Å². The number of rotatable bonds is 1. The van der Waals surface area contributed by atoms with Gasteiger partial charge in [0.25, 0.3) is 0 Å². The first-order valence-electron chi connectivity index (χ1n) is 7.59. The molecule has 18 heavy (non-hydrogen) atoms. The van der Waals surface area contributed by atoms with Crippen LogP contribution in [-0.2, 0) is 4.74 Å². The summed E-state index contributed by atoms with van der Waals surface area (Å²) in [5, 5.41) is 9.11. The van der Waals surface area contributed by atoms with Gasteiger partial charge in [0, 0.05) is 19.2 Å². The number of nitrogens with zero attached hydrogens (tertiary/aromatic N) is 2. The molecule has 1 aliphatic carbocycles. The van der Waals surface area contributed by atoms with Gasteiger partial charge in [-0.15, -0.1) is 0 Å². The Morgan fingerprint density at radius 1 is 1.17 bits per heavy atom. The largest absolute Gasteiger partial charge is 0.375 e. The van der Waals surface area contributed by atoms with E-state index in [0.717, 1.165) is 19.6 Å². The van der Waals surface area contributed by atoms with Crippen LogP contribution in [0.4, 0.5) is 0 Å². The van der Waals surface area contributed by atoms with Crippen LogP contribution in [0.1, 0.15) is 51.4 Å². The molecule has 0 aromatic rings. The highest BCUT2D eigenvalue weighted by molar-refractivity contribution is 4.97. The zero-order valence-electron chi connectivity index (χ0n) is 11.2. The molecule has 1 saturated carbocycles. The Kier molecular flexibility index (Phi) is 3.59. The van der Waals surface area contributed by atoms with E-state index in [1.165, 1.54) is 51.5 Å². The average molecular weight is 248 g/mol. The van der Waals surface area contributed by atoms with Crippen molar-refractivity contribution in [2.75, 3.05) is 19.7 Å². The molecule has 0 aromatic carbocycles. The monoisotopic (exact) mass is 248 g/mol. The van der Waals surface area contributed by atoms with E-state index >= 15 is 0 Å². The second-order valence-corrected chi connectivity index (χ2v) is 6.35. The second kappa shape index (κ2) is 5.19. The lowest BCUT2D eigenvalue weighted by atomic mass is 9.86. The first kappa shape index (κ1) is 12.4. The molecule has 0 N–H and O–H groups in total. The van der Waals surface area contributed by atoms with E-state index in [-0.39, 0.29) is 11.5 Å². The Labute approximate surface area is 110 Å². The van der Waals surface area contributed by atoms with Gasteiger partial charge in [0.05, 0.1) is 17.6 Å². The molecule has 3 rings (SSSR count). The molecule has 2 atom stereocenters. The van der Waals surface area contributed by atoms with Gasteiger partial charge in [-0.1, -0.05) is 12.8 Å². The number of nitriles is 1. The van der Waals surface area contributed by atoms with Gasteiger partial charge >= 0.3 is 0 Å². The molecule has 3 nitrogen and oxygen atoms in total. The quantitative estimate of drug-likeness (QED) is 0.716. The molecular formula is C15H24N2O. The highest BCUT2D eigenvalue weighted by Gasteiger charge is 2.42. The number of hydrogen-bond acceptors (Lipinski definition) is 3. The van der Waals surface area contributed by atoms with Crippen molar-refractivity contribution >= 4 is 0 Å². The number of likely N-dealkylation sites (tertiary alicyclic amines) is 1. The summed E-state index contributed by atoms with van der Waals surface area (Å²) in [5.41, 5.74) is 0.211. The first-order valence-corrected chi connectivity index (χ1v) is 7.59. The molecule has 3 aliphatic rings. The van der Waals surface area contributed by atoms with Gasteiger partial charge in [-0.25, -0.2) is 0 Å². The summed E-state index contributed by atoms with van der Waals surface area (Å²) in [5.74, 6) is 0.265. The lowest BCUT2D eigenvalue weighted by molar-refractivity contribution is -0.104. The van der Waals surface area contributed by atoms with Gasteiger partial charge in [0.1, 0.15) is 0 Å². The van der Waals surface area contributed by atoms with Crippen LogP contribution in [0.25, 0.3) is 0 Å². The van der Waals surface area contributed by atoms with Gasteiger partial charge in [-0.2, -0.15) is 5.26 Å². The molecule has 3 heteroatoms. The van der Waals surface area contributed by atoms with E-state index in [1.54, 1.807) is 0 Å². The molecule has 0 radical (unpaired) electrons. The van der Waals surface area contributed by atoms with Crippen LogP contribution in [0.3, 0.4) is 0 Å². The lowest BCUT2D eigenvalue weighted by Crippen LogP contribution is -2.50. The maximum Gasteiger partial charge on any atom is 0.0697 e. The number of hydrogen-bond donors (Lipinski definition) is 0. The maximum absolute atomic E-state index is 9.11. The van der Waals surface area contributed by atoms with Crippen molar-refractivity contribution in [2.24, 2.45) is 5.92 Å². The Balaban J connectivity index is 1.63. The van der Waals surface area contributed by atoms with E-state index < -0.39 is 0 Å². The fourth-order valence-electron chi connectivity index (χ4n) is 4.12. The second-order valence-electron chi connectivity index (χ2n) is 6.35. The summed E-state index contributed by atoms with van der Waals surface area (Å²) in [6.07, 6.45) is 9.88. The fourth-order valence-corrected chi connectivity index (χ4v) is 4.12.